The van der Waals surface area contributed by atoms with E-state index in [4.69, 9.17) is 4.74 Å². The maximum Gasteiger partial charge on any atom is 0.337 e. The number of rotatable bonds is 4. The number of benzene rings is 2. The van der Waals surface area contributed by atoms with Gasteiger partial charge in [0.2, 0.25) is 0 Å². The summed E-state index contributed by atoms with van der Waals surface area (Å²) in [5.41, 5.74) is 0.309. The number of fused-ring (bicyclic) bond motifs is 1. The maximum atomic E-state index is 13.2. The first-order valence-corrected chi connectivity index (χ1v) is 6.28. The number of alkyl halides is 1. The zero-order chi connectivity index (χ0) is 14.8. The predicted octanol–water partition coefficient (Wildman–Crippen LogP) is 3.46. The summed E-state index contributed by atoms with van der Waals surface area (Å²) in [6.07, 6.45) is 0. The van der Waals surface area contributed by atoms with Gasteiger partial charge < -0.3 is 9.47 Å². The number of hydrogen-bond acceptors (Lipinski definition) is 3. The molecule has 4 heteroatoms. The molecule has 0 aromatic heterocycles. The lowest BCUT2D eigenvalue weighted by Crippen LogP contribution is -2.26. The second kappa shape index (κ2) is 5.59. The first-order chi connectivity index (χ1) is 9.54. The molecule has 2 aromatic rings. The van der Waals surface area contributed by atoms with Gasteiger partial charge in [-0.3, -0.25) is 0 Å². The highest BCUT2D eigenvalue weighted by Gasteiger charge is 2.26. The highest BCUT2D eigenvalue weighted by molar-refractivity contribution is 5.95. The van der Waals surface area contributed by atoms with Crippen molar-refractivity contribution in [1.82, 2.24) is 0 Å². The van der Waals surface area contributed by atoms with E-state index < -0.39 is 12.3 Å². The van der Waals surface area contributed by atoms with E-state index in [0.29, 0.717) is 5.56 Å². The monoisotopic (exact) mass is 276 g/mol. The molecular formula is C16H17FO3. The van der Waals surface area contributed by atoms with Gasteiger partial charge in [-0.25, -0.2) is 9.18 Å². The molecule has 0 aliphatic carbocycles. The van der Waals surface area contributed by atoms with E-state index in [9.17, 15) is 9.18 Å². The van der Waals surface area contributed by atoms with Crippen LogP contribution in [0.1, 0.15) is 22.8 Å². The minimum Gasteiger partial charge on any atom is -0.465 e. The minimum atomic E-state index is -0.949. The number of carbonyl (C=O) groups excluding carboxylic acids is 1. The van der Waals surface area contributed by atoms with Gasteiger partial charge in [-0.1, -0.05) is 18.2 Å². The van der Waals surface area contributed by atoms with E-state index in [-0.39, 0.29) is 5.97 Å². The van der Waals surface area contributed by atoms with Crippen LogP contribution in [-0.4, -0.2) is 26.9 Å². The van der Waals surface area contributed by atoms with Crippen LogP contribution in [-0.2, 0) is 15.1 Å². The second-order valence-electron chi connectivity index (χ2n) is 4.84. The summed E-state index contributed by atoms with van der Waals surface area (Å²) in [6, 6.07) is 10.8. The molecule has 0 bridgehead atoms. The molecule has 0 radical (unpaired) electrons. The smallest absolute Gasteiger partial charge is 0.337 e. The molecule has 0 fully saturated rings. The van der Waals surface area contributed by atoms with E-state index in [2.05, 4.69) is 4.74 Å². The molecular weight excluding hydrogens is 259 g/mol. The van der Waals surface area contributed by atoms with Gasteiger partial charge in [0, 0.05) is 7.11 Å². The van der Waals surface area contributed by atoms with Gasteiger partial charge in [-0.15, -0.1) is 0 Å². The molecule has 0 aliphatic rings. The van der Waals surface area contributed by atoms with Crippen molar-refractivity contribution in [3.8, 4) is 0 Å². The Hall–Kier alpha value is -1.94. The molecule has 1 atom stereocenters. The molecule has 1 unspecified atom stereocenters. The maximum absolute atomic E-state index is 13.2. The van der Waals surface area contributed by atoms with E-state index in [1.807, 2.05) is 24.3 Å². The SMILES string of the molecule is COC(=O)c1ccc2cc(C(C)(CF)OC)ccc2c1. The minimum absolute atomic E-state index is 0.374. The third kappa shape index (κ3) is 2.51. The first-order valence-electron chi connectivity index (χ1n) is 6.28. The molecule has 0 heterocycles. The summed E-state index contributed by atoms with van der Waals surface area (Å²) in [4.78, 5) is 11.5. The Bertz CT molecular complexity index is 633. The summed E-state index contributed by atoms with van der Waals surface area (Å²) in [5.74, 6) is -0.374. The van der Waals surface area contributed by atoms with Crippen molar-refractivity contribution >= 4 is 16.7 Å². The lowest BCUT2D eigenvalue weighted by Gasteiger charge is -2.25. The van der Waals surface area contributed by atoms with Crippen LogP contribution in [0.25, 0.3) is 10.8 Å². The third-order valence-electron chi connectivity index (χ3n) is 3.58. The number of methoxy groups -OCH3 is 2. The molecule has 106 valence electrons. The Morgan fingerprint density at radius 3 is 2.40 bits per heavy atom. The first kappa shape index (κ1) is 14.5. The van der Waals surface area contributed by atoms with Crippen LogP contribution in [0.15, 0.2) is 36.4 Å². The third-order valence-corrected chi connectivity index (χ3v) is 3.58. The zero-order valence-corrected chi connectivity index (χ0v) is 11.8. The lowest BCUT2D eigenvalue weighted by atomic mass is 9.94. The van der Waals surface area contributed by atoms with Crippen LogP contribution in [0.3, 0.4) is 0 Å². The van der Waals surface area contributed by atoms with Crippen molar-refractivity contribution < 1.29 is 18.7 Å². The lowest BCUT2D eigenvalue weighted by molar-refractivity contribution is -0.0179. The van der Waals surface area contributed by atoms with Crippen LogP contribution in [0.5, 0.6) is 0 Å². The van der Waals surface area contributed by atoms with Crippen LogP contribution in [0.4, 0.5) is 4.39 Å². The molecule has 0 aliphatic heterocycles. The van der Waals surface area contributed by atoms with Crippen molar-refractivity contribution in [3.63, 3.8) is 0 Å². The molecule has 0 saturated heterocycles. The van der Waals surface area contributed by atoms with Crippen molar-refractivity contribution in [2.24, 2.45) is 0 Å². The number of hydrogen-bond donors (Lipinski definition) is 0. The Kier molecular flexibility index (Phi) is 4.04. The van der Waals surface area contributed by atoms with Crippen LogP contribution >= 0.6 is 0 Å². The number of halogens is 1. The number of carbonyl (C=O) groups is 1. The summed E-state index contributed by atoms with van der Waals surface area (Å²) in [5, 5.41) is 1.82. The Morgan fingerprint density at radius 1 is 1.15 bits per heavy atom. The van der Waals surface area contributed by atoms with Gasteiger partial charge in [0.25, 0.3) is 0 Å². The fourth-order valence-corrected chi connectivity index (χ4v) is 2.07. The summed E-state index contributed by atoms with van der Waals surface area (Å²) in [6.45, 7) is 1.10. The Morgan fingerprint density at radius 2 is 1.80 bits per heavy atom. The van der Waals surface area contributed by atoms with Crippen molar-refractivity contribution in [2.45, 2.75) is 12.5 Å². The average Bonchev–Trinajstić information content (AvgIpc) is 2.52. The van der Waals surface area contributed by atoms with Gasteiger partial charge in [0.05, 0.1) is 12.7 Å². The Labute approximate surface area is 117 Å². The molecule has 2 rings (SSSR count). The molecule has 0 saturated carbocycles. The highest BCUT2D eigenvalue weighted by Crippen LogP contribution is 2.28. The molecule has 2 aromatic carbocycles. The van der Waals surface area contributed by atoms with E-state index in [1.165, 1.54) is 14.2 Å². The Balaban J connectivity index is 2.49. The van der Waals surface area contributed by atoms with Gasteiger partial charge in [-0.05, 0) is 41.5 Å². The zero-order valence-electron chi connectivity index (χ0n) is 11.8. The molecule has 0 spiro atoms. The molecule has 3 nitrogen and oxygen atoms in total. The summed E-state index contributed by atoms with van der Waals surface area (Å²) >= 11 is 0. The largest absolute Gasteiger partial charge is 0.465 e. The van der Waals surface area contributed by atoms with E-state index in [1.54, 1.807) is 19.1 Å². The standard InChI is InChI=1S/C16H17FO3/c1-16(10-17,20-3)14-7-6-11-8-13(15(18)19-2)5-4-12(11)9-14/h4-9H,10H2,1-3H3. The quantitative estimate of drug-likeness (QED) is 0.802. The van der Waals surface area contributed by atoms with Crippen LogP contribution < -0.4 is 0 Å². The second-order valence-corrected chi connectivity index (χ2v) is 4.84. The predicted molar refractivity (Wildman–Crippen MR) is 75.6 cm³/mol. The van der Waals surface area contributed by atoms with E-state index in [0.717, 1.165) is 16.3 Å². The molecule has 20 heavy (non-hydrogen) atoms. The number of ether oxygens (including phenoxy) is 2. The van der Waals surface area contributed by atoms with Crippen molar-refractivity contribution in [2.75, 3.05) is 20.9 Å². The van der Waals surface area contributed by atoms with Gasteiger partial charge in [-0.2, -0.15) is 0 Å². The normalized spacial score (nSPS) is 14.0. The molecule has 0 amide bonds. The average molecular weight is 276 g/mol. The summed E-state index contributed by atoms with van der Waals surface area (Å²) in [7, 11) is 2.84. The fraction of sp³-hybridized carbons (Fsp3) is 0.312. The molecule has 0 N–H and O–H groups in total. The van der Waals surface area contributed by atoms with Crippen LogP contribution in [0, 0.1) is 0 Å². The van der Waals surface area contributed by atoms with Gasteiger partial charge >= 0.3 is 5.97 Å². The van der Waals surface area contributed by atoms with Crippen LogP contribution in [0.2, 0.25) is 0 Å². The fourth-order valence-electron chi connectivity index (χ4n) is 2.07. The number of esters is 1. The summed E-state index contributed by atoms with van der Waals surface area (Å²) < 4.78 is 23.1. The topological polar surface area (TPSA) is 35.5 Å². The van der Waals surface area contributed by atoms with Crippen molar-refractivity contribution in [1.29, 1.82) is 0 Å². The van der Waals surface area contributed by atoms with Gasteiger partial charge in [0.1, 0.15) is 12.3 Å². The van der Waals surface area contributed by atoms with E-state index >= 15 is 0 Å². The van der Waals surface area contributed by atoms with Gasteiger partial charge in [0.15, 0.2) is 0 Å². The van der Waals surface area contributed by atoms with Crippen molar-refractivity contribution in [3.05, 3.63) is 47.5 Å². The highest BCUT2D eigenvalue weighted by atomic mass is 19.1.